The molecule has 0 radical (unpaired) electrons. The molecule has 0 amide bonds. The molecule has 6 N–H and O–H groups in total. The number of nitrogens with zero attached hydrogens (tertiary/aromatic N) is 1. The van der Waals surface area contributed by atoms with Crippen LogP contribution in [0.5, 0.6) is 0 Å². The predicted octanol–water partition coefficient (Wildman–Crippen LogP) is 1.10. The summed E-state index contributed by atoms with van der Waals surface area (Å²) in [5, 5.41) is 6.55. The second-order valence-corrected chi connectivity index (χ2v) is 5.60. The van der Waals surface area contributed by atoms with Crippen molar-refractivity contribution in [1.29, 1.82) is 0 Å². The lowest BCUT2D eigenvalue weighted by atomic mass is 9.92. The minimum atomic E-state index is -1.04. The summed E-state index contributed by atoms with van der Waals surface area (Å²) in [6.07, 6.45) is 1.92. The van der Waals surface area contributed by atoms with Crippen LogP contribution < -0.4 is 22.1 Å². The van der Waals surface area contributed by atoms with Crippen molar-refractivity contribution in [3.8, 4) is 0 Å². The van der Waals surface area contributed by atoms with Crippen LogP contribution in [0, 0.1) is 5.82 Å². The van der Waals surface area contributed by atoms with E-state index in [9.17, 15) is 4.39 Å². The molecule has 2 heterocycles. The molecule has 0 spiro atoms. The van der Waals surface area contributed by atoms with E-state index in [1.807, 2.05) is 6.92 Å². The SMILES string of the molecule is C[C@@H](c1ccc(F)cc1)C1(N)N=C(N)C2=C(NCCC2)N1. The molecule has 0 saturated carbocycles. The lowest BCUT2D eigenvalue weighted by Crippen LogP contribution is -2.61. The van der Waals surface area contributed by atoms with Gasteiger partial charge in [-0.3, -0.25) is 5.73 Å². The van der Waals surface area contributed by atoms with Crippen LogP contribution in [0.25, 0.3) is 0 Å². The molecule has 0 fully saturated rings. The molecule has 0 aromatic heterocycles. The average Bonchev–Trinajstić information content (AvgIpc) is 2.47. The minimum Gasteiger partial charge on any atom is -0.384 e. The summed E-state index contributed by atoms with van der Waals surface area (Å²) >= 11 is 0. The minimum absolute atomic E-state index is 0.158. The molecule has 5 nitrogen and oxygen atoms in total. The van der Waals surface area contributed by atoms with E-state index in [2.05, 4.69) is 15.6 Å². The first-order valence-electron chi connectivity index (χ1n) is 7.15. The van der Waals surface area contributed by atoms with Gasteiger partial charge < -0.3 is 16.4 Å². The molecular formula is C15H20FN5. The highest BCUT2D eigenvalue weighted by molar-refractivity contribution is 5.98. The Kier molecular flexibility index (Phi) is 3.33. The summed E-state index contributed by atoms with van der Waals surface area (Å²) in [4.78, 5) is 4.47. The molecule has 2 aliphatic rings. The number of nitrogens with one attached hydrogen (secondary N) is 2. The molecule has 2 aliphatic heterocycles. The van der Waals surface area contributed by atoms with E-state index in [1.54, 1.807) is 12.1 Å². The van der Waals surface area contributed by atoms with E-state index in [4.69, 9.17) is 11.5 Å². The molecule has 1 aromatic rings. The van der Waals surface area contributed by atoms with Crippen molar-refractivity contribution in [2.75, 3.05) is 6.54 Å². The van der Waals surface area contributed by atoms with Crippen LogP contribution in [0.4, 0.5) is 4.39 Å². The van der Waals surface area contributed by atoms with Crippen molar-refractivity contribution in [3.05, 3.63) is 47.0 Å². The van der Waals surface area contributed by atoms with Gasteiger partial charge in [-0.2, -0.15) is 0 Å². The van der Waals surface area contributed by atoms with Crippen molar-refractivity contribution in [2.24, 2.45) is 16.5 Å². The van der Waals surface area contributed by atoms with Crippen LogP contribution in [-0.4, -0.2) is 18.2 Å². The molecule has 2 atom stereocenters. The van der Waals surface area contributed by atoms with Gasteiger partial charge in [-0.25, -0.2) is 9.38 Å². The maximum atomic E-state index is 13.1. The van der Waals surface area contributed by atoms with Crippen LogP contribution in [-0.2, 0) is 0 Å². The summed E-state index contributed by atoms with van der Waals surface area (Å²) in [7, 11) is 0. The molecule has 21 heavy (non-hydrogen) atoms. The smallest absolute Gasteiger partial charge is 0.192 e. The first-order chi connectivity index (χ1) is 9.99. The van der Waals surface area contributed by atoms with Crippen LogP contribution in [0.2, 0.25) is 0 Å². The van der Waals surface area contributed by atoms with Gasteiger partial charge in [-0.1, -0.05) is 19.1 Å². The number of amidine groups is 1. The highest BCUT2D eigenvalue weighted by Crippen LogP contribution is 2.30. The molecule has 0 saturated heterocycles. The Morgan fingerprint density at radius 3 is 2.76 bits per heavy atom. The molecule has 1 unspecified atom stereocenters. The second kappa shape index (κ2) is 5.04. The highest BCUT2D eigenvalue weighted by Gasteiger charge is 2.38. The van der Waals surface area contributed by atoms with Gasteiger partial charge in [0.2, 0.25) is 0 Å². The lowest BCUT2D eigenvalue weighted by Gasteiger charge is -2.40. The molecule has 1 aromatic carbocycles. The topological polar surface area (TPSA) is 88.5 Å². The predicted molar refractivity (Wildman–Crippen MR) is 80.8 cm³/mol. The van der Waals surface area contributed by atoms with E-state index >= 15 is 0 Å². The van der Waals surface area contributed by atoms with Crippen molar-refractivity contribution < 1.29 is 4.39 Å². The van der Waals surface area contributed by atoms with Gasteiger partial charge in [0.1, 0.15) is 17.5 Å². The Hall–Kier alpha value is -2.08. The Morgan fingerprint density at radius 2 is 2.05 bits per heavy atom. The second-order valence-electron chi connectivity index (χ2n) is 5.60. The van der Waals surface area contributed by atoms with E-state index < -0.39 is 5.79 Å². The zero-order valence-corrected chi connectivity index (χ0v) is 12.0. The number of benzene rings is 1. The first kappa shape index (κ1) is 13.9. The zero-order valence-electron chi connectivity index (χ0n) is 12.0. The number of hydrogen-bond acceptors (Lipinski definition) is 5. The summed E-state index contributed by atoms with van der Waals surface area (Å²) in [5.74, 6) is -0.118. The van der Waals surface area contributed by atoms with Crippen LogP contribution >= 0.6 is 0 Å². The van der Waals surface area contributed by atoms with E-state index in [0.717, 1.165) is 36.3 Å². The van der Waals surface area contributed by atoms with Crippen molar-refractivity contribution in [3.63, 3.8) is 0 Å². The van der Waals surface area contributed by atoms with Gasteiger partial charge in [0.15, 0.2) is 5.79 Å². The molecule has 0 aliphatic carbocycles. The number of hydrogen-bond donors (Lipinski definition) is 4. The number of aliphatic imine (C=N–C) groups is 1. The van der Waals surface area contributed by atoms with Crippen molar-refractivity contribution in [2.45, 2.75) is 31.5 Å². The van der Waals surface area contributed by atoms with E-state index in [0.29, 0.717) is 5.84 Å². The van der Waals surface area contributed by atoms with E-state index in [-0.39, 0.29) is 11.7 Å². The maximum Gasteiger partial charge on any atom is 0.192 e. The Morgan fingerprint density at radius 1 is 1.33 bits per heavy atom. The summed E-state index contributed by atoms with van der Waals surface area (Å²) in [6, 6.07) is 6.30. The Bertz CT molecular complexity index is 607. The average molecular weight is 289 g/mol. The first-order valence-corrected chi connectivity index (χ1v) is 7.15. The standard InChI is InChI=1S/C15H20FN5/c1-9(10-4-6-11(16)7-5-10)15(18)20-13(17)12-3-2-8-19-14(12)21-15/h4-7,9,19,21H,2-3,8,18H2,1H3,(H2,17,20)/t9-,15?/m0/s1. The third-order valence-electron chi connectivity index (χ3n) is 4.18. The van der Waals surface area contributed by atoms with Gasteiger partial charge in [0.25, 0.3) is 0 Å². The quantitative estimate of drug-likeness (QED) is 0.656. The summed E-state index contributed by atoms with van der Waals surface area (Å²) in [5.41, 5.74) is 14.4. The fourth-order valence-corrected chi connectivity index (χ4v) is 2.79. The number of rotatable bonds is 2. The van der Waals surface area contributed by atoms with Gasteiger partial charge in [-0.05, 0) is 30.5 Å². The summed E-state index contributed by atoms with van der Waals surface area (Å²) < 4.78 is 13.1. The summed E-state index contributed by atoms with van der Waals surface area (Å²) in [6.45, 7) is 2.84. The van der Waals surface area contributed by atoms with Crippen molar-refractivity contribution >= 4 is 5.84 Å². The third kappa shape index (κ3) is 2.47. The molecule has 112 valence electrons. The van der Waals surface area contributed by atoms with Gasteiger partial charge >= 0.3 is 0 Å². The van der Waals surface area contributed by atoms with Crippen molar-refractivity contribution in [1.82, 2.24) is 10.6 Å². The van der Waals surface area contributed by atoms with Gasteiger partial charge in [-0.15, -0.1) is 0 Å². The van der Waals surface area contributed by atoms with E-state index in [1.165, 1.54) is 12.1 Å². The number of halogens is 1. The van der Waals surface area contributed by atoms with Gasteiger partial charge in [0, 0.05) is 18.0 Å². The van der Waals surface area contributed by atoms with Gasteiger partial charge in [0.05, 0.1) is 0 Å². The number of nitrogens with two attached hydrogens (primary N) is 2. The fraction of sp³-hybridized carbons (Fsp3) is 0.400. The normalized spacial score (nSPS) is 26.3. The molecule has 6 heteroatoms. The zero-order chi connectivity index (χ0) is 15.0. The monoisotopic (exact) mass is 289 g/mol. The van der Waals surface area contributed by atoms with Crippen LogP contribution in [0.1, 0.15) is 31.2 Å². The molecule has 3 rings (SSSR count). The Labute approximate surface area is 123 Å². The van der Waals surface area contributed by atoms with Crippen LogP contribution in [0.15, 0.2) is 40.7 Å². The molecular weight excluding hydrogens is 269 g/mol. The fourth-order valence-electron chi connectivity index (χ4n) is 2.79. The third-order valence-corrected chi connectivity index (χ3v) is 4.18. The largest absolute Gasteiger partial charge is 0.384 e. The maximum absolute atomic E-state index is 13.1. The van der Waals surface area contributed by atoms with Crippen LogP contribution in [0.3, 0.4) is 0 Å². The Balaban J connectivity index is 1.91. The molecule has 0 bridgehead atoms. The highest BCUT2D eigenvalue weighted by atomic mass is 19.1. The lowest BCUT2D eigenvalue weighted by molar-refractivity contribution is 0.305.